The standard InChI is InChI=1S/C19H21Cl2N9O/c20-13-8-24-9-14(21)12(13)10-29-5-1-3-11(29)7-19(15-4-2-6-31-15)27-18-26-16(22)25-17(23)30(18)28-19/h2,4,6,8-9,11,28H,1,3,5,7,10H2,(H4,22,23,25,26,27). The molecule has 2 unspecified atom stereocenters. The van der Waals surface area contributed by atoms with E-state index in [0.29, 0.717) is 34.7 Å². The lowest BCUT2D eigenvalue weighted by Gasteiger charge is -2.33. The highest BCUT2D eigenvalue weighted by atomic mass is 35.5. The maximum atomic E-state index is 6.36. The van der Waals surface area contributed by atoms with Crippen molar-refractivity contribution in [3.05, 3.63) is 52.2 Å². The van der Waals surface area contributed by atoms with Crippen molar-refractivity contribution in [2.45, 2.75) is 37.5 Å². The van der Waals surface area contributed by atoms with Gasteiger partial charge in [-0.05, 0) is 31.5 Å². The zero-order valence-corrected chi connectivity index (χ0v) is 18.0. The average molecular weight is 462 g/mol. The van der Waals surface area contributed by atoms with Gasteiger partial charge in [0.15, 0.2) is 5.66 Å². The maximum Gasteiger partial charge on any atom is 0.248 e. The van der Waals surface area contributed by atoms with E-state index in [0.717, 1.165) is 24.9 Å². The normalized spacial score (nSPS) is 25.9. The zero-order valence-electron chi connectivity index (χ0n) is 16.5. The molecule has 3 aliphatic rings. The molecule has 1 fully saturated rings. The number of furan rings is 1. The Balaban J connectivity index is 1.45. The topological polar surface area (TPSA) is 134 Å². The third-order valence-corrected chi connectivity index (χ3v) is 6.38. The van der Waals surface area contributed by atoms with Gasteiger partial charge >= 0.3 is 0 Å². The molecule has 5 rings (SSSR count). The van der Waals surface area contributed by atoms with E-state index in [1.807, 2.05) is 12.1 Å². The number of hydrazine groups is 1. The molecule has 31 heavy (non-hydrogen) atoms. The van der Waals surface area contributed by atoms with Crippen molar-refractivity contribution < 1.29 is 4.42 Å². The first-order valence-electron chi connectivity index (χ1n) is 9.87. The van der Waals surface area contributed by atoms with E-state index in [-0.39, 0.29) is 18.0 Å². The van der Waals surface area contributed by atoms with Crippen molar-refractivity contribution in [2.75, 3.05) is 6.54 Å². The summed E-state index contributed by atoms with van der Waals surface area (Å²) in [5, 5.41) is 2.66. The first-order valence-corrected chi connectivity index (χ1v) is 10.6. The number of nitrogens with two attached hydrogens (primary N) is 2. The molecule has 0 spiro atoms. The monoisotopic (exact) mass is 461 g/mol. The molecule has 2 aromatic heterocycles. The Hall–Kier alpha value is -2.66. The summed E-state index contributed by atoms with van der Waals surface area (Å²) in [5.41, 5.74) is 15.1. The van der Waals surface area contributed by atoms with E-state index >= 15 is 0 Å². The molecule has 3 aliphatic heterocycles. The lowest BCUT2D eigenvalue weighted by Crippen LogP contribution is -2.55. The summed E-state index contributed by atoms with van der Waals surface area (Å²) in [7, 11) is 0. The fraction of sp³-hybridized carbons (Fsp3) is 0.368. The van der Waals surface area contributed by atoms with Crippen molar-refractivity contribution in [3.8, 4) is 0 Å². The Morgan fingerprint density at radius 3 is 2.77 bits per heavy atom. The Labute approximate surface area is 188 Å². The van der Waals surface area contributed by atoms with Gasteiger partial charge in [0.2, 0.25) is 17.9 Å². The largest absolute Gasteiger partial charge is 0.465 e. The van der Waals surface area contributed by atoms with Gasteiger partial charge in [-0.25, -0.2) is 10.0 Å². The molecule has 0 aromatic carbocycles. The van der Waals surface area contributed by atoms with Gasteiger partial charge in [0.25, 0.3) is 0 Å². The molecule has 1 saturated heterocycles. The van der Waals surface area contributed by atoms with Crippen LogP contribution >= 0.6 is 23.2 Å². The van der Waals surface area contributed by atoms with Crippen LogP contribution in [0.5, 0.6) is 0 Å². The van der Waals surface area contributed by atoms with E-state index in [2.05, 4.69) is 25.3 Å². The second kappa shape index (κ2) is 7.79. The van der Waals surface area contributed by atoms with E-state index in [9.17, 15) is 0 Å². The minimum atomic E-state index is -0.897. The molecule has 0 bridgehead atoms. The van der Waals surface area contributed by atoms with Gasteiger partial charge in [0.1, 0.15) is 5.76 Å². The number of nitrogens with zero attached hydrogens (tertiary/aromatic N) is 6. The highest BCUT2D eigenvalue weighted by molar-refractivity contribution is 6.35. The van der Waals surface area contributed by atoms with Crippen molar-refractivity contribution in [1.82, 2.24) is 20.3 Å². The van der Waals surface area contributed by atoms with Gasteiger partial charge in [-0.2, -0.15) is 15.4 Å². The lowest BCUT2D eigenvalue weighted by molar-refractivity contribution is 0.147. The summed E-state index contributed by atoms with van der Waals surface area (Å²) in [4.78, 5) is 19.5. The minimum Gasteiger partial charge on any atom is -0.465 e. The van der Waals surface area contributed by atoms with Gasteiger partial charge in [0, 0.05) is 37.0 Å². The molecular weight excluding hydrogens is 441 g/mol. The van der Waals surface area contributed by atoms with Crippen LogP contribution in [0, 0.1) is 0 Å². The summed E-state index contributed by atoms with van der Waals surface area (Å²) in [6, 6.07) is 3.89. The van der Waals surface area contributed by atoms with Crippen LogP contribution in [-0.2, 0) is 12.2 Å². The number of likely N-dealkylation sites (tertiary alicyclic amines) is 1. The second-order valence-corrected chi connectivity index (χ2v) is 8.50. The van der Waals surface area contributed by atoms with Crippen LogP contribution in [0.15, 0.2) is 50.2 Å². The van der Waals surface area contributed by atoms with Crippen molar-refractivity contribution in [1.29, 1.82) is 0 Å². The number of guanidine groups is 3. The third-order valence-electron chi connectivity index (χ3n) is 5.73. The van der Waals surface area contributed by atoms with Gasteiger partial charge < -0.3 is 15.9 Å². The first kappa shape index (κ1) is 20.3. The van der Waals surface area contributed by atoms with E-state index in [1.165, 1.54) is 5.01 Å². The number of aliphatic imine (C=N–C) groups is 3. The summed E-state index contributed by atoms with van der Waals surface area (Å²) in [5.74, 6) is 1.25. The van der Waals surface area contributed by atoms with E-state index in [1.54, 1.807) is 18.7 Å². The number of pyridine rings is 1. The molecule has 10 nitrogen and oxygen atoms in total. The predicted octanol–water partition coefficient (Wildman–Crippen LogP) is 2.01. The quantitative estimate of drug-likeness (QED) is 0.619. The molecule has 0 radical (unpaired) electrons. The predicted molar refractivity (Wildman–Crippen MR) is 118 cm³/mol. The molecule has 162 valence electrons. The van der Waals surface area contributed by atoms with Gasteiger partial charge in [-0.15, -0.1) is 0 Å². The molecular formula is C19H21Cl2N9O. The number of fused-ring (bicyclic) bond motifs is 1. The molecule has 5 N–H and O–H groups in total. The Bertz CT molecular complexity index is 1060. The number of hydrogen-bond acceptors (Lipinski definition) is 10. The SMILES string of the molecule is NC1=NC2=NC(CC3CCCN3Cc3c(Cl)cncc3Cl)(c3ccco3)NN2C(N)=N1. The molecule has 0 amide bonds. The van der Waals surface area contributed by atoms with Crippen molar-refractivity contribution >= 4 is 41.1 Å². The van der Waals surface area contributed by atoms with Crippen LogP contribution in [0.25, 0.3) is 0 Å². The number of rotatable bonds is 5. The first-order chi connectivity index (χ1) is 14.9. The van der Waals surface area contributed by atoms with E-state index in [4.69, 9.17) is 44.1 Å². The Morgan fingerprint density at radius 1 is 1.23 bits per heavy atom. The average Bonchev–Trinajstić information content (AvgIpc) is 3.46. The number of nitrogens with one attached hydrogen (secondary N) is 1. The lowest BCUT2D eigenvalue weighted by atomic mass is 9.96. The van der Waals surface area contributed by atoms with E-state index < -0.39 is 5.66 Å². The van der Waals surface area contributed by atoms with Gasteiger partial charge in [-0.3, -0.25) is 9.88 Å². The molecule has 0 saturated carbocycles. The van der Waals surface area contributed by atoms with Crippen LogP contribution in [-0.4, -0.2) is 45.4 Å². The fourth-order valence-electron chi connectivity index (χ4n) is 4.29. The minimum absolute atomic E-state index is 0.0639. The molecule has 2 aromatic rings. The van der Waals surface area contributed by atoms with Crippen LogP contribution in [0.2, 0.25) is 10.0 Å². The summed E-state index contributed by atoms with van der Waals surface area (Å²) < 4.78 is 5.77. The number of hydrogen-bond donors (Lipinski definition) is 3. The molecule has 2 atom stereocenters. The summed E-state index contributed by atoms with van der Waals surface area (Å²) in [6.45, 7) is 1.54. The van der Waals surface area contributed by atoms with Crippen LogP contribution in [0.1, 0.15) is 30.6 Å². The maximum absolute atomic E-state index is 6.36. The Kier molecular flexibility index (Phi) is 5.09. The smallest absolute Gasteiger partial charge is 0.248 e. The third kappa shape index (κ3) is 3.65. The van der Waals surface area contributed by atoms with Crippen LogP contribution < -0.4 is 16.9 Å². The van der Waals surface area contributed by atoms with Gasteiger partial charge in [0.05, 0.1) is 16.3 Å². The van der Waals surface area contributed by atoms with Crippen molar-refractivity contribution in [3.63, 3.8) is 0 Å². The highest BCUT2D eigenvalue weighted by Crippen LogP contribution is 2.38. The second-order valence-electron chi connectivity index (χ2n) is 7.69. The van der Waals surface area contributed by atoms with Crippen LogP contribution in [0.4, 0.5) is 0 Å². The molecule has 5 heterocycles. The van der Waals surface area contributed by atoms with Gasteiger partial charge in [-0.1, -0.05) is 23.2 Å². The molecule has 12 heteroatoms. The van der Waals surface area contributed by atoms with Crippen molar-refractivity contribution in [2.24, 2.45) is 26.4 Å². The van der Waals surface area contributed by atoms with Crippen LogP contribution in [0.3, 0.4) is 0 Å². The summed E-state index contributed by atoms with van der Waals surface area (Å²) >= 11 is 12.7. The number of aromatic nitrogens is 1. The summed E-state index contributed by atoms with van der Waals surface area (Å²) in [6.07, 6.45) is 7.51. The zero-order chi connectivity index (χ0) is 21.6. The Morgan fingerprint density at radius 2 is 2.03 bits per heavy atom. The number of halogens is 2. The highest BCUT2D eigenvalue weighted by Gasteiger charge is 2.48. The molecule has 0 aliphatic carbocycles. The fourth-order valence-corrected chi connectivity index (χ4v) is 4.78.